The number of pyridine rings is 1. The molecule has 2 aromatic carbocycles. The third-order valence-electron chi connectivity index (χ3n) is 8.70. The average molecular weight is 513 g/mol. The summed E-state index contributed by atoms with van der Waals surface area (Å²) in [6.45, 7) is 8.26. The number of piperidine rings is 1. The maximum absolute atomic E-state index is 13.9. The van der Waals surface area contributed by atoms with Gasteiger partial charge in [-0.1, -0.05) is 37.3 Å². The number of allylic oxidation sites excluding steroid dienone is 1. The molecule has 3 aliphatic rings. The third kappa shape index (κ3) is 3.83. The number of carbonyl (C=O) groups is 1. The number of likely N-dealkylation sites (tertiary alicyclic amines) is 1. The molecule has 2 fully saturated rings. The number of hydrogen-bond donors (Lipinski definition) is 0. The van der Waals surface area contributed by atoms with Crippen molar-refractivity contribution in [3.05, 3.63) is 77.1 Å². The van der Waals surface area contributed by atoms with Gasteiger partial charge in [0.15, 0.2) is 0 Å². The molecule has 1 spiro atoms. The van der Waals surface area contributed by atoms with E-state index in [0.717, 1.165) is 66.3 Å². The highest BCUT2D eigenvalue weighted by Crippen LogP contribution is 2.49. The van der Waals surface area contributed by atoms with Crippen molar-refractivity contribution in [1.82, 2.24) is 19.7 Å². The molecule has 38 heavy (non-hydrogen) atoms. The number of amides is 2. The van der Waals surface area contributed by atoms with Crippen molar-refractivity contribution in [3.63, 3.8) is 0 Å². The third-order valence-corrected chi connectivity index (χ3v) is 8.70. The Bertz CT molecular complexity index is 1400. The van der Waals surface area contributed by atoms with Crippen LogP contribution in [0.15, 0.2) is 60.4 Å². The molecule has 2 amide bonds. The van der Waals surface area contributed by atoms with E-state index in [1.807, 2.05) is 23.2 Å². The van der Waals surface area contributed by atoms with Crippen LogP contribution in [-0.2, 0) is 13.1 Å². The van der Waals surface area contributed by atoms with Crippen molar-refractivity contribution in [2.24, 2.45) is 0 Å². The minimum absolute atomic E-state index is 0.104. The Kier molecular flexibility index (Phi) is 6.26. The molecule has 7 nitrogen and oxygen atoms in total. The fourth-order valence-corrected chi connectivity index (χ4v) is 6.88. The molecule has 198 valence electrons. The molecule has 2 saturated heterocycles. The number of nitrogens with zero attached hydrogens (tertiary/aromatic N) is 4. The molecular weight excluding hydrogens is 476 g/mol. The van der Waals surface area contributed by atoms with Crippen molar-refractivity contribution in [1.29, 1.82) is 0 Å². The maximum atomic E-state index is 13.9. The van der Waals surface area contributed by atoms with Crippen LogP contribution < -0.4 is 9.47 Å². The van der Waals surface area contributed by atoms with Crippen molar-refractivity contribution in [2.75, 3.05) is 33.9 Å². The van der Waals surface area contributed by atoms with E-state index in [0.29, 0.717) is 13.1 Å². The Morgan fingerprint density at radius 1 is 1.08 bits per heavy atom. The zero-order valence-corrected chi connectivity index (χ0v) is 22.7. The van der Waals surface area contributed by atoms with E-state index in [4.69, 9.17) is 9.47 Å². The van der Waals surface area contributed by atoms with Crippen LogP contribution in [0.3, 0.4) is 0 Å². The molecule has 0 aliphatic carbocycles. The van der Waals surface area contributed by atoms with E-state index >= 15 is 0 Å². The van der Waals surface area contributed by atoms with Gasteiger partial charge in [-0.2, -0.15) is 0 Å². The number of rotatable bonds is 5. The van der Waals surface area contributed by atoms with Crippen LogP contribution in [0.2, 0.25) is 0 Å². The van der Waals surface area contributed by atoms with Crippen LogP contribution in [0.4, 0.5) is 4.79 Å². The number of carbonyl (C=O) groups excluding carboxylic acids is 1. The lowest BCUT2D eigenvalue weighted by Crippen LogP contribution is -2.53. The summed E-state index contributed by atoms with van der Waals surface area (Å²) in [6, 6.07) is 14.6. The summed E-state index contributed by atoms with van der Waals surface area (Å²) >= 11 is 0. The number of fused-ring (bicyclic) bond motifs is 4. The molecule has 1 unspecified atom stereocenters. The number of aromatic nitrogens is 1. The Labute approximate surface area is 224 Å². The molecule has 1 aromatic heterocycles. The summed E-state index contributed by atoms with van der Waals surface area (Å²) in [6.07, 6.45) is 6.02. The zero-order valence-electron chi connectivity index (χ0n) is 22.7. The van der Waals surface area contributed by atoms with Crippen LogP contribution in [0.25, 0.3) is 10.9 Å². The summed E-state index contributed by atoms with van der Waals surface area (Å²) in [5, 5.41) is 1.18. The largest absolute Gasteiger partial charge is 0.497 e. The van der Waals surface area contributed by atoms with Gasteiger partial charge in [0.05, 0.1) is 31.8 Å². The predicted octanol–water partition coefficient (Wildman–Crippen LogP) is 5.55. The molecule has 3 aromatic rings. The summed E-state index contributed by atoms with van der Waals surface area (Å²) in [7, 11) is 3.37. The second-order valence-electron chi connectivity index (χ2n) is 10.7. The van der Waals surface area contributed by atoms with E-state index in [9.17, 15) is 4.79 Å². The predicted molar refractivity (Wildman–Crippen MR) is 148 cm³/mol. The van der Waals surface area contributed by atoms with Gasteiger partial charge in [-0.15, -0.1) is 0 Å². The fourth-order valence-electron chi connectivity index (χ4n) is 6.88. The molecule has 0 radical (unpaired) electrons. The lowest BCUT2D eigenvalue weighted by molar-refractivity contribution is 0.0890. The van der Waals surface area contributed by atoms with Crippen LogP contribution in [-0.4, -0.2) is 65.1 Å². The van der Waals surface area contributed by atoms with Gasteiger partial charge in [0, 0.05) is 61.0 Å². The quantitative estimate of drug-likeness (QED) is 0.449. The Morgan fingerprint density at radius 2 is 1.87 bits per heavy atom. The molecular formula is C31H36N4O3. The van der Waals surface area contributed by atoms with E-state index in [1.165, 1.54) is 10.9 Å². The minimum atomic E-state index is -0.285. The summed E-state index contributed by atoms with van der Waals surface area (Å²) in [5.74, 6) is 1.69. The monoisotopic (exact) mass is 512 g/mol. The first-order chi connectivity index (χ1) is 18.5. The van der Waals surface area contributed by atoms with Gasteiger partial charge in [0.2, 0.25) is 0 Å². The second kappa shape index (κ2) is 9.62. The average Bonchev–Trinajstić information content (AvgIpc) is 3.04. The molecule has 1 atom stereocenters. The van der Waals surface area contributed by atoms with Crippen molar-refractivity contribution < 1.29 is 14.3 Å². The van der Waals surface area contributed by atoms with Gasteiger partial charge < -0.3 is 14.4 Å². The van der Waals surface area contributed by atoms with Gasteiger partial charge >= 0.3 is 6.03 Å². The molecule has 3 aliphatic heterocycles. The lowest BCUT2D eigenvalue weighted by Gasteiger charge is -2.44. The Morgan fingerprint density at radius 3 is 2.61 bits per heavy atom. The minimum Gasteiger partial charge on any atom is -0.497 e. The van der Waals surface area contributed by atoms with Crippen LogP contribution in [0.5, 0.6) is 11.5 Å². The molecule has 6 rings (SSSR count). The maximum Gasteiger partial charge on any atom is 0.325 e. The van der Waals surface area contributed by atoms with Crippen LogP contribution >= 0.6 is 0 Å². The van der Waals surface area contributed by atoms with E-state index in [-0.39, 0.29) is 17.5 Å². The highest BCUT2D eigenvalue weighted by Gasteiger charge is 2.54. The van der Waals surface area contributed by atoms with E-state index in [2.05, 4.69) is 65.0 Å². The number of ether oxygens (including phenoxy) is 2. The molecule has 0 bridgehead atoms. The number of methoxy groups -OCH3 is 2. The SMILES string of the molecule is CCN1C(=O)N2Cc3cc(OC)cc(OC)c3C(C)C=C2C12CCN(Cc1cccc3cccnc13)CC2. The van der Waals surface area contributed by atoms with Crippen LogP contribution in [0.1, 0.15) is 49.3 Å². The fraction of sp³-hybridized carbons (Fsp3) is 0.419. The highest BCUT2D eigenvalue weighted by molar-refractivity contribution is 5.83. The van der Waals surface area contributed by atoms with Gasteiger partial charge in [-0.05, 0) is 43.0 Å². The number of likely N-dealkylation sites (N-methyl/N-ethyl adjacent to an activating group) is 1. The van der Waals surface area contributed by atoms with Gasteiger partial charge in [0.25, 0.3) is 0 Å². The van der Waals surface area contributed by atoms with Crippen molar-refractivity contribution in [2.45, 2.75) is 51.2 Å². The number of para-hydroxylation sites is 1. The molecule has 0 N–H and O–H groups in total. The first-order valence-electron chi connectivity index (χ1n) is 13.6. The number of hydrogen-bond acceptors (Lipinski definition) is 5. The highest BCUT2D eigenvalue weighted by atomic mass is 16.5. The first-order valence-corrected chi connectivity index (χ1v) is 13.6. The van der Waals surface area contributed by atoms with Crippen LogP contribution in [0, 0.1) is 0 Å². The lowest BCUT2D eigenvalue weighted by atomic mass is 9.82. The van der Waals surface area contributed by atoms with E-state index < -0.39 is 0 Å². The smallest absolute Gasteiger partial charge is 0.325 e. The number of urea groups is 1. The summed E-state index contributed by atoms with van der Waals surface area (Å²) in [4.78, 5) is 25.2. The van der Waals surface area contributed by atoms with Crippen molar-refractivity contribution in [3.8, 4) is 11.5 Å². The molecule has 0 saturated carbocycles. The summed E-state index contributed by atoms with van der Waals surface area (Å²) < 4.78 is 11.3. The van der Waals surface area contributed by atoms with Gasteiger partial charge in [0.1, 0.15) is 11.5 Å². The molecule has 7 heteroatoms. The first kappa shape index (κ1) is 24.7. The van der Waals surface area contributed by atoms with E-state index in [1.54, 1.807) is 14.2 Å². The van der Waals surface area contributed by atoms with Gasteiger partial charge in [-0.25, -0.2) is 4.79 Å². The standard InChI is InChI=1S/C31H36N4O3/c1-5-35-30(36)34-20-24-17-25(37-3)18-26(38-4)28(24)21(2)16-27(34)31(35)11-14-33(15-12-31)19-23-9-6-8-22-10-7-13-32-29(22)23/h6-10,13,16-18,21H,5,11-12,14-15,19-20H2,1-4H3. The second-order valence-corrected chi connectivity index (χ2v) is 10.7. The van der Waals surface area contributed by atoms with Gasteiger partial charge in [-0.3, -0.25) is 14.8 Å². The van der Waals surface area contributed by atoms with Crippen molar-refractivity contribution >= 4 is 16.9 Å². The topological polar surface area (TPSA) is 58.1 Å². The zero-order chi connectivity index (χ0) is 26.4. The Hall–Kier alpha value is -3.58. The Balaban J connectivity index is 1.31. The molecule has 4 heterocycles. The summed E-state index contributed by atoms with van der Waals surface area (Å²) in [5.41, 5.74) is 5.43. The number of benzene rings is 2. The normalized spacial score (nSPS) is 20.8.